The number of hydrogen-bond acceptors (Lipinski definition) is 4. The van der Waals surface area contributed by atoms with Crippen LogP contribution in [0.2, 0.25) is 0 Å². The molecule has 1 aromatic rings. The van der Waals surface area contributed by atoms with Crippen molar-refractivity contribution in [1.29, 1.82) is 0 Å². The monoisotopic (exact) mass is 315 g/mol. The van der Waals surface area contributed by atoms with E-state index in [-0.39, 0.29) is 29.7 Å². The summed E-state index contributed by atoms with van der Waals surface area (Å²) in [4.78, 5) is 11.3. The molecule has 0 saturated heterocycles. The summed E-state index contributed by atoms with van der Waals surface area (Å²) in [6, 6.07) is 3.17. The molecule has 0 bridgehead atoms. The van der Waals surface area contributed by atoms with E-state index >= 15 is 0 Å². The van der Waals surface area contributed by atoms with Crippen molar-refractivity contribution in [2.24, 2.45) is 0 Å². The second kappa shape index (κ2) is 6.91. The largest absolute Gasteiger partial charge is 0.478 e. The molecule has 0 radical (unpaired) electrons. The zero-order valence-electron chi connectivity index (χ0n) is 12.6. The maximum absolute atomic E-state index is 12.0. The van der Waals surface area contributed by atoms with E-state index in [0.29, 0.717) is 5.56 Å². The van der Waals surface area contributed by atoms with Crippen molar-refractivity contribution in [2.75, 3.05) is 17.1 Å². The number of hydrogen-bond donors (Lipinski definition) is 2. The minimum Gasteiger partial charge on any atom is -0.478 e. The SMILES string of the molecule is Cc1cc(C)c(NS(=O)(=O)CCOC(C)C)c(C(=O)O)c1. The van der Waals surface area contributed by atoms with Gasteiger partial charge in [-0.3, -0.25) is 4.72 Å². The molecule has 0 aliphatic heterocycles. The third-order valence-electron chi connectivity index (χ3n) is 2.77. The highest BCUT2D eigenvalue weighted by molar-refractivity contribution is 7.92. The fourth-order valence-electron chi connectivity index (χ4n) is 1.87. The van der Waals surface area contributed by atoms with Crippen LogP contribution in [0.5, 0.6) is 0 Å². The number of anilines is 1. The third kappa shape index (κ3) is 5.35. The average Bonchev–Trinajstić information content (AvgIpc) is 2.31. The van der Waals surface area contributed by atoms with Crippen LogP contribution < -0.4 is 4.72 Å². The lowest BCUT2D eigenvalue weighted by Crippen LogP contribution is -2.23. The zero-order chi connectivity index (χ0) is 16.2. The molecular formula is C14H21NO5S. The summed E-state index contributed by atoms with van der Waals surface area (Å²) in [5.41, 5.74) is 1.38. The highest BCUT2D eigenvalue weighted by Gasteiger charge is 2.19. The Morgan fingerprint density at radius 2 is 1.95 bits per heavy atom. The summed E-state index contributed by atoms with van der Waals surface area (Å²) in [5, 5.41) is 9.20. The van der Waals surface area contributed by atoms with E-state index in [1.807, 2.05) is 13.8 Å². The van der Waals surface area contributed by atoms with Crippen LogP contribution in [0, 0.1) is 13.8 Å². The van der Waals surface area contributed by atoms with Crippen LogP contribution in [-0.4, -0.2) is 38.0 Å². The van der Waals surface area contributed by atoms with Gasteiger partial charge in [0.2, 0.25) is 10.0 Å². The maximum Gasteiger partial charge on any atom is 0.337 e. The van der Waals surface area contributed by atoms with Crippen molar-refractivity contribution < 1.29 is 23.1 Å². The molecule has 21 heavy (non-hydrogen) atoms. The second-order valence-corrected chi connectivity index (χ2v) is 6.99. The van der Waals surface area contributed by atoms with Crippen LogP contribution in [0.25, 0.3) is 0 Å². The maximum atomic E-state index is 12.0. The number of ether oxygens (including phenoxy) is 1. The van der Waals surface area contributed by atoms with Crippen molar-refractivity contribution in [2.45, 2.75) is 33.8 Å². The number of nitrogens with one attached hydrogen (secondary N) is 1. The molecule has 0 unspecified atom stereocenters. The number of sulfonamides is 1. The first-order chi connectivity index (χ1) is 9.62. The smallest absolute Gasteiger partial charge is 0.337 e. The van der Waals surface area contributed by atoms with Gasteiger partial charge in [-0.05, 0) is 44.9 Å². The standard InChI is InChI=1S/C14H21NO5S/c1-9(2)20-5-6-21(18,19)15-13-11(4)7-10(3)8-12(13)14(16)17/h7-9,15H,5-6H2,1-4H3,(H,16,17). The number of aromatic carboxylic acids is 1. The number of carbonyl (C=O) groups is 1. The van der Waals surface area contributed by atoms with Gasteiger partial charge in [0.1, 0.15) is 0 Å². The summed E-state index contributed by atoms with van der Waals surface area (Å²) in [5.74, 6) is -1.39. The molecule has 1 rings (SSSR count). The summed E-state index contributed by atoms with van der Waals surface area (Å²) >= 11 is 0. The van der Waals surface area contributed by atoms with E-state index < -0.39 is 16.0 Å². The number of aryl methyl sites for hydroxylation is 2. The van der Waals surface area contributed by atoms with E-state index in [4.69, 9.17) is 4.74 Å². The fraction of sp³-hybridized carbons (Fsp3) is 0.500. The summed E-state index contributed by atoms with van der Waals surface area (Å²) in [6.45, 7) is 7.11. The molecule has 0 fully saturated rings. The molecule has 0 saturated carbocycles. The Labute approximate surface area is 125 Å². The quantitative estimate of drug-likeness (QED) is 0.804. The van der Waals surface area contributed by atoms with E-state index in [9.17, 15) is 18.3 Å². The molecule has 0 amide bonds. The lowest BCUT2D eigenvalue weighted by molar-refractivity contribution is 0.0698. The molecule has 0 spiro atoms. The van der Waals surface area contributed by atoms with Crippen LogP contribution in [0.1, 0.15) is 35.3 Å². The predicted octanol–water partition coefficient (Wildman–Crippen LogP) is 2.17. The summed E-state index contributed by atoms with van der Waals surface area (Å²) < 4.78 is 31.6. The number of benzene rings is 1. The predicted molar refractivity (Wildman–Crippen MR) is 81.4 cm³/mol. The van der Waals surface area contributed by atoms with Gasteiger partial charge in [0.25, 0.3) is 0 Å². The van der Waals surface area contributed by atoms with Gasteiger partial charge in [-0.25, -0.2) is 13.2 Å². The first kappa shape index (κ1) is 17.5. The summed E-state index contributed by atoms with van der Waals surface area (Å²) in [7, 11) is -3.66. The van der Waals surface area contributed by atoms with Crippen molar-refractivity contribution in [1.82, 2.24) is 0 Å². The molecule has 0 atom stereocenters. The van der Waals surface area contributed by atoms with Crippen LogP contribution in [0.3, 0.4) is 0 Å². The first-order valence-corrected chi connectivity index (χ1v) is 8.24. The molecule has 0 aromatic heterocycles. The minimum atomic E-state index is -3.66. The van der Waals surface area contributed by atoms with E-state index in [2.05, 4.69) is 4.72 Å². The van der Waals surface area contributed by atoms with Crippen LogP contribution >= 0.6 is 0 Å². The van der Waals surface area contributed by atoms with E-state index in [0.717, 1.165) is 5.56 Å². The highest BCUT2D eigenvalue weighted by atomic mass is 32.2. The number of carboxylic acid groups (broad SMARTS) is 1. The normalized spacial score (nSPS) is 11.7. The molecule has 118 valence electrons. The zero-order valence-corrected chi connectivity index (χ0v) is 13.5. The lowest BCUT2D eigenvalue weighted by Gasteiger charge is -2.15. The van der Waals surface area contributed by atoms with Crippen molar-refractivity contribution in [3.63, 3.8) is 0 Å². The number of carboxylic acids is 1. The van der Waals surface area contributed by atoms with Gasteiger partial charge in [0, 0.05) is 0 Å². The van der Waals surface area contributed by atoms with Crippen LogP contribution in [-0.2, 0) is 14.8 Å². The molecule has 0 heterocycles. The second-order valence-electron chi connectivity index (χ2n) is 5.15. The number of rotatable bonds is 7. The Kier molecular flexibility index (Phi) is 5.74. The molecule has 7 heteroatoms. The van der Waals surface area contributed by atoms with Crippen LogP contribution in [0.4, 0.5) is 5.69 Å². The Balaban J connectivity index is 2.99. The summed E-state index contributed by atoms with van der Waals surface area (Å²) in [6.07, 6.45) is -0.0594. The fourth-order valence-corrected chi connectivity index (χ4v) is 2.87. The third-order valence-corrected chi connectivity index (χ3v) is 3.99. The van der Waals surface area contributed by atoms with Gasteiger partial charge in [-0.2, -0.15) is 0 Å². The Morgan fingerprint density at radius 3 is 2.48 bits per heavy atom. The van der Waals surface area contributed by atoms with E-state index in [1.165, 1.54) is 6.07 Å². The van der Waals surface area contributed by atoms with Crippen LogP contribution in [0.15, 0.2) is 12.1 Å². The van der Waals surface area contributed by atoms with Crippen molar-refractivity contribution in [3.8, 4) is 0 Å². The topological polar surface area (TPSA) is 92.7 Å². The van der Waals surface area contributed by atoms with E-state index in [1.54, 1.807) is 19.9 Å². The molecular weight excluding hydrogens is 294 g/mol. The lowest BCUT2D eigenvalue weighted by atomic mass is 10.0. The van der Waals surface area contributed by atoms with Gasteiger partial charge in [0.15, 0.2) is 0 Å². The Hall–Kier alpha value is -1.60. The molecule has 6 nitrogen and oxygen atoms in total. The van der Waals surface area contributed by atoms with Gasteiger partial charge in [-0.15, -0.1) is 0 Å². The molecule has 0 aliphatic rings. The van der Waals surface area contributed by atoms with Gasteiger partial charge in [0.05, 0.1) is 29.7 Å². The van der Waals surface area contributed by atoms with Gasteiger partial charge < -0.3 is 9.84 Å². The molecule has 2 N–H and O–H groups in total. The molecule has 1 aromatic carbocycles. The van der Waals surface area contributed by atoms with Gasteiger partial charge in [-0.1, -0.05) is 6.07 Å². The first-order valence-electron chi connectivity index (χ1n) is 6.59. The Morgan fingerprint density at radius 1 is 1.33 bits per heavy atom. The minimum absolute atomic E-state index is 0.0548. The van der Waals surface area contributed by atoms with Crippen molar-refractivity contribution in [3.05, 3.63) is 28.8 Å². The van der Waals surface area contributed by atoms with Crippen molar-refractivity contribution >= 4 is 21.7 Å². The van der Waals surface area contributed by atoms with Gasteiger partial charge >= 0.3 is 5.97 Å². The molecule has 0 aliphatic carbocycles. The highest BCUT2D eigenvalue weighted by Crippen LogP contribution is 2.24. The average molecular weight is 315 g/mol. The Bertz CT molecular complexity index is 622.